The number of hydrogen-bond acceptors (Lipinski definition) is 11. The number of aromatic carboxylic acids is 1. The van der Waals surface area contributed by atoms with E-state index in [0.29, 0.717) is 38.4 Å². The van der Waals surface area contributed by atoms with Gasteiger partial charge in [-0.15, -0.1) is 11.3 Å². The summed E-state index contributed by atoms with van der Waals surface area (Å²) in [4.78, 5) is 31.8. The van der Waals surface area contributed by atoms with Crippen molar-refractivity contribution in [2.75, 3.05) is 24.5 Å². The molecule has 2 aromatic carbocycles. The molecule has 13 nitrogen and oxygen atoms in total. The molecule has 304 valence electrons. The van der Waals surface area contributed by atoms with E-state index in [1.54, 1.807) is 23.7 Å². The zero-order chi connectivity index (χ0) is 40.3. The number of carboxylic acids is 1. The van der Waals surface area contributed by atoms with Crippen LogP contribution in [0.2, 0.25) is 0 Å². The van der Waals surface area contributed by atoms with Crippen LogP contribution < -0.4 is 44.6 Å². The molecule has 1 amide bonds. The number of hydrazine groups is 1. The molecule has 5 aliphatic rings. The molecule has 2 fully saturated rings. The molecule has 3 unspecified atom stereocenters. The Morgan fingerprint density at radius 3 is 2.72 bits per heavy atom. The third-order valence-corrected chi connectivity index (χ3v) is 12.3. The zero-order valence-corrected chi connectivity index (χ0v) is 34.3. The topological polar surface area (TPSA) is 157 Å². The number of pyridine rings is 1. The van der Waals surface area contributed by atoms with Gasteiger partial charge in [0.2, 0.25) is 5.91 Å². The Kier molecular flexibility index (Phi) is 12.7. The standard InChI is InChI=1S/C26H26N4O2.C19H20N4O3S.Li.H/c31-26-25-23-11-6-19-16-29(14-12-22(19)24(23)28-30(25)15-13-27-26)20-7-9-21(10-8-20)32-17-18-4-2-1-3-5-18;24-13(9-21-10-14-2-1-7-27-14)11-23-18(19(25)26)16-4-3-12-8-20-6-5-15(12)17(16)22-23;;/h1-5,7-10,12,14,16,23,25,28H,6,11,13,15,17H2,(H,27,31);1-2,5-8,13,21,24H,3-4,9-11H2,(H,25,26);;/q;;+1;-1. The fourth-order valence-corrected chi connectivity index (χ4v) is 9.25. The number of aliphatic hydroxyl groups excluding tert-OH is 1. The van der Waals surface area contributed by atoms with Crippen LogP contribution in [0.15, 0.2) is 126 Å². The summed E-state index contributed by atoms with van der Waals surface area (Å²) in [5, 5.41) is 34.9. The van der Waals surface area contributed by atoms with E-state index in [0.717, 1.165) is 59.5 Å². The van der Waals surface area contributed by atoms with Gasteiger partial charge in [0.1, 0.15) is 24.1 Å². The van der Waals surface area contributed by atoms with E-state index in [9.17, 15) is 19.8 Å². The fraction of sp³-hybridized carbons (Fsp3) is 0.289. The number of carbonyl (C=O) groups is 2. The van der Waals surface area contributed by atoms with E-state index >= 15 is 0 Å². The average Bonchev–Trinajstić information content (AvgIpc) is 4.02. The maximum Gasteiger partial charge on any atom is 1.00 e. The summed E-state index contributed by atoms with van der Waals surface area (Å²) < 4.78 is 7.35. The van der Waals surface area contributed by atoms with Crippen molar-refractivity contribution in [2.45, 2.75) is 57.5 Å². The Labute approximate surface area is 366 Å². The van der Waals surface area contributed by atoms with Gasteiger partial charge in [-0.3, -0.25) is 14.5 Å². The van der Waals surface area contributed by atoms with Gasteiger partial charge >= 0.3 is 24.8 Å². The molecule has 5 aromatic rings. The van der Waals surface area contributed by atoms with Crippen LogP contribution in [-0.2, 0) is 37.3 Å². The maximum atomic E-state index is 12.4. The summed E-state index contributed by atoms with van der Waals surface area (Å²) in [6.45, 7) is 3.28. The van der Waals surface area contributed by atoms with Crippen molar-refractivity contribution in [3.8, 4) is 17.0 Å². The molecule has 6 heterocycles. The number of aliphatic hydroxyl groups is 1. The largest absolute Gasteiger partial charge is 1.00 e. The number of anilines is 1. The number of rotatable bonds is 11. The van der Waals surface area contributed by atoms with Crippen molar-refractivity contribution in [1.29, 1.82) is 0 Å². The van der Waals surface area contributed by atoms with Crippen molar-refractivity contribution >= 4 is 28.9 Å². The van der Waals surface area contributed by atoms with Crippen LogP contribution in [0, 0.1) is 5.92 Å². The van der Waals surface area contributed by atoms with Gasteiger partial charge < -0.3 is 37.3 Å². The number of thiophene rings is 1. The van der Waals surface area contributed by atoms with Crippen LogP contribution in [0.4, 0.5) is 5.69 Å². The second-order valence-corrected chi connectivity index (χ2v) is 16.3. The number of fused-ring (bicyclic) bond motifs is 7. The molecule has 15 heteroatoms. The third-order valence-electron chi connectivity index (χ3n) is 11.4. The molecule has 0 spiro atoms. The number of carboxylic acid groups (broad SMARTS) is 1. The molecule has 2 saturated heterocycles. The number of carbonyl (C=O) groups excluding carboxylic acids is 1. The molecule has 3 atom stereocenters. The molecule has 3 aliphatic heterocycles. The number of nitrogens with one attached hydrogen (secondary N) is 3. The summed E-state index contributed by atoms with van der Waals surface area (Å²) >= 11 is 1.65. The van der Waals surface area contributed by atoms with Gasteiger partial charge in [-0.2, -0.15) is 5.10 Å². The first-order valence-corrected chi connectivity index (χ1v) is 20.9. The van der Waals surface area contributed by atoms with Crippen molar-refractivity contribution in [2.24, 2.45) is 5.92 Å². The van der Waals surface area contributed by atoms with Gasteiger partial charge in [0.25, 0.3) is 0 Å². The number of ether oxygens (including phenoxy) is 1. The van der Waals surface area contributed by atoms with Gasteiger partial charge in [0.05, 0.1) is 18.3 Å². The number of benzene rings is 2. The minimum absolute atomic E-state index is 0. The summed E-state index contributed by atoms with van der Waals surface area (Å²) in [5.74, 6) is 0.243. The zero-order valence-electron chi connectivity index (χ0n) is 34.5. The van der Waals surface area contributed by atoms with Crippen LogP contribution in [0.5, 0.6) is 5.75 Å². The van der Waals surface area contributed by atoms with Crippen LogP contribution in [0.3, 0.4) is 0 Å². The second-order valence-electron chi connectivity index (χ2n) is 15.2. The number of aromatic nitrogens is 3. The Balaban J connectivity index is 0.000000181. The average molecular weight is 819 g/mol. The molecular weight excluding hydrogens is 772 g/mol. The number of hydrogen-bond donors (Lipinski definition) is 5. The van der Waals surface area contributed by atoms with Crippen molar-refractivity contribution in [1.82, 2.24) is 35.8 Å². The smallest absolute Gasteiger partial charge is 1.00 e. The Morgan fingerprint density at radius 2 is 1.92 bits per heavy atom. The molecule has 0 radical (unpaired) electrons. The molecular formula is C45H47LiN8O5S. The molecule has 0 saturated carbocycles. The second kappa shape index (κ2) is 18.4. The molecule has 3 aromatic heterocycles. The van der Waals surface area contributed by atoms with E-state index in [1.165, 1.54) is 26.4 Å². The van der Waals surface area contributed by atoms with Crippen molar-refractivity contribution in [3.63, 3.8) is 0 Å². The van der Waals surface area contributed by atoms with E-state index in [-0.39, 0.29) is 50.4 Å². The van der Waals surface area contributed by atoms with E-state index in [4.69, 9.17) is 4.74 Å². The minimum Gasteiger partial charge on any atom is -1.00 e. The van der Waals surface area contributed by atoms with Gasteiger partial charge in [-0.05, 0) is 90.2 Å². The molecule has 60 heavy (non-hydrogen) atoms. The van der Waals surface area contributed by atoms with Crippen molar-refractivity contribution < 1.29 is 44.8 Å². The van der Waals surface area contributed by atoms with Crippen molar-refractivity contribution in [3.05, 3.63) is 153 Å². The first-order chi connectivity index (χ1) is 28.9. The molecule has 5 N–H and O–H groups in total. The minimum atomic E-state index is -1.01. The summed E-state index contributed by atoms with van der Waals surface area (Å²) in [6, 6.07) is 24.2. The molecule has 2 aliphatic carbocycles. The number of allylic oxidation sites excluding steroid dienone is 3. The van der Waals surface area contributed by atoms with E-state index in [1.807, 2.05) is 53.9 Å². The third kappa shape index (κ3) is 8.72. The van der Waals surface area contributed by atoms with Gasteiger partial charge in [-0.1, -0.05) is 36.4 Å². The number of piperazine rings is 1. The van der Waals surface area contributed by atoms with Gasteiger partial charge in [0.15, 0.2) is 0 Å². The number of amides is 1. The van der Waals surface area contributed by atoms with Gasteiger partial charge in [-0.25, -0.2) is 9.80 Å². The number of aryl methyl sites for hydroxylation is 1. The van der Waals surface area contributed by atoms with Gasteiger partial charge in [0, 0.05) is 89.9 Å². The van der Waals surface area contributed by atoms with Crippen LogP contribution in [0.25, 0.3) is 11.3 Å². The van der Waals surface area contributed by atoms with Crippen LogP contribution in [-0.4, -0.2) is 73.6 Å². The quantitative estimate of drug-likeness (QED) is 0.125. The summed E-state index contributed by atoms with van der Waals surface area (Å²) in [6.07, 6.45) is 12.6. The Morgan fingerprint density at radius 1 is 1.07 bits per heavy atom. The van der Waals surface area contributed by atoms with E-state index < -0.39 is 12.1 Å². The number of nitrogens with zero attached hydrogens (tertiary/aromatic N) is 5. The van der Waals surface area contributed by atoms with Crippen LogP contribution >= 0.6 is 11.3 Å². The SMILES string of the molecule is O=C(O)c1c2c(nn1CC(O)CNCc1cccs1)-c1ccncc1CC2.O=C1NCCN2NC3=C4C=CN(c5ccc(OCc6ccccc6)cc5)C=C4CCC3C12.[H-].[Li+]. The predicted molar refractivity (Wildman–Crippen MR) is 226 cm³/mol. The maximum absolute atomic E-state index is 12.4. The normalized spacial score (nSPS) is 19.1. The first-order valence-electron chi connectivity index (χ1n) is 20.1. The molecule has 0 bridgehead atoms. The summed E-state index contributed by atoms with van der Waals surface area (Å²) in [5.41, 5.74) is 13.1. The van der Waals surface area contributed by atoms with Crippen LogP contribution in [0.1, 0.15) is 46.3 Å². The summed E-state index contributed by atoms with van der Waals surface area (Å²) in [7, 11) is 0. The Hall–Kier alpha value is -5.46. The first kappa shape index (κ1) is 41.3. The fourth-order valence-electron chi connectivity index (χ4n) is 8.58. The van der Waals surface area contributed by atoms with E-state index in [2.05, 4.69) is 78.8 Å². The predicted octanol–water partition coefficient (Wildman–Crippen LogP) is 2.54. The molecule has 10 rings (SSSR count). The Bertz CT molecular complexity index is 2420. The monoisotopic (exact) mass is 818 g/mol.